The number of aromatic nitrogens is 1. The van der Waals surface area contributed by atoms with Crippen LogP contribution in [-0.4, -0.2) is 34.2 Å². The van der Waals surface area contributed by atoms with E-state index in [1.165, 1.54) is 11.3 Å². The molecular weight excluding hydrogens is 256 g/mol. The molecular formula is C11H14N2O4S. The summed E-state index contributed by atoms with van der Waals surface area (Å²) < 4.78 is 5.15. The zero-order valence-electron chi connectivity index (χ0n) is 9.88. The van der Waals surface area contributed by atoms with Gasteiger partial charge in [-0.1, -0.05) is 0 Å². The average molecular weight is 270 g/mol. The molecule has 1 saturated heterocycles. The fraction of sp³-hybridized carbons (Fsp3) is 0.545. The first-order valence-electron chi connectivity index (χ1n) is 5.63. The van der Waals surface area contributed by atoms with Gasteiger partial charge >= 0.3 is 5.97 Å². The minimum absolute atomic E-state index is 0.259. The van der Waals surface area contributed by atoms with Crippen molar-refractivity contribution in [3.8, 4) is 0 Å². The van der Waals surface area contributed by atoms with E-state index in [1.54, 1.807) is 6.20 Å². The van der Waals surface area contributed by atoms with Crippen LogP contribution < -0.4 is 5.32 Å². The number of hydrogen-bond acceptors (Lipinski definition) is 5. The predicted octanol–water partition coefficient (Wildman–Crippen LogP) is 0.700. The second-order valence-corrected chi connectivity index (χ2v) is 5.41. The fourth-order valence-corrected chi connectivity index (χ4v) is 2.52. The van der Waals surface area contributed by atoms with E-state index >= 15 is 0 Å². The Labute approximate surface area is 108 Å². The van der Waals surface area contributed by atoms with Crippen LogP contribution in [0, 0.1) is 6.92 Å². The Balaban J connectivity index is 1.80. The lowest BCUT2D eigenvalue weighted by molar-refractivity contribution is -0.151. The number of nitrogens with one attached hydrogen (secondary N) is 1. The van der Waals surface area contributed by atoms with Crippen LogP contribution in [0.25, 0.3) is 0 Å². The van der Waals surface area contributed by atoms with E-state index in [9.17, 15) is 9.59 Å². The van der Waals surface area contributed by atoms with Crippen LogP contribution in [0.4, 0.5) is 0 Å². The van der Waals surface area contributed by atoms with Crippen molar-refractivity contribution >= 4 is 23.2 Å². The first kappa shape index (κ1) is 13.0. The molecule has 6 nitrogen and oxygen atoms in total. The summed E-state index contributed by atoms with van der Waals surface area (Å²) in [5.74, 6) is -1.27. The van der Waals surface area contributed by atoms with Gasteiger partial charge in [-0.2, -0.15) is 0 Å². The number of hydrogen-bond donors (Lipinski definition) is 2. The summed E-state index contributed by atoms with van der Waals surface area (Å²) in [6, 6.07) is 0. The van der Waals surface area contributed by atoms with Gasteiger partial charge in [0.25, 0.3) is 0 Å². The molecule has 0 saturated carbocycles. The minimum Gasteiger partial charge on any atom is -0.479 e. The van der Waals surface area contributed by atoms with Gasteiger partial charge in [0.05, 0.1) is 11.6 Å². The number of aryl methyl sites for hydroxylation is 1. The molecule has 2 atom stereocenters. The molecule has 0 bridgehead atoms. The Bertz CT molecular complexity index is 460. The van der Waals surface area contributed by atoms with Crippen LogP contribution >= 0.6 is 11.3 Å². The van der Waals surface area contributed by atoms with Crippen molar-refractivity contribution in [2.75, 3.05) is 0 Å². The van der Waals surface area contributed by atoms with Crippen LogP contribution in [0.1, 0.15) is 22.7 Å². The summed E-state index contributed by atoms with van der Waals surface area (Å²) in [6.07, 6.45) is 1.04. The largest absolute Gasteiger partial charge is 0.479 e. The Morgan fingerprint density at radius 1 is 1.56 bits per heavy atom. The average Bonchev–Trinajstić information content (AvgIpc) is 2.94. The molecule has 1 aliphatic rings. The summed E-state index contributed by atoms with van der Waals surface area (Å²) >= 11 is 1.52. The van der Waals surface area contributed by atoms with Crippen molar-refractivity contribution in [1.29, 1.82) is 0 Å². The molecule has 2 N–H and O–H groups in total. The van der Waals surface area contributed by atoms with Crippen molar-refractivity contribution in [3.05, 3.63) is 16.1 Å². The molecule has 98 valence electrons. The van der Waals surface area contributed by atoms with Gasteiger partial charge in [0.1, 0.15) is 6.10 Å². The molecule has 2 rings (SSSR count). The first-order chi connectivity index (χ1) is 8.56. The molecule has 1 aliphatic heterocycles. The number of thiazole rings is 1. The molecule has 1 amide bonds. The zero-order valence-corrected chi connectivity index (χ0v) is 10.7. The second-order valence-electron chi connectivity index (χ2n) is 4.09. The zero-order chi connectivity index (χ0) is 13.1. The molecule has 0 aromatic carbocycles. The highest BCUT2D eigenvalue weighted by Crippen LogP contribution is 2.20. The lowest BCUT2D eigenvalue weighted by Gasteiger charge is -2.10. The van der Waals surface area contributed by atoms with E-state index in [4.69, 9.17) is 9.84 Å². The predicted molar refractivity (Wildman–Crippen MR) is 64.2 cm³/mol. The number of carboxylic acids is 1. The van der Waals surface area contributed by atoms with Gasteiger partial charge in [0.15, 0.2) is 6.10 Å². The van der Waals surface area contributed by atoms with Gasteiger partial charge < -0.3 is 15.2 Å². The van der Waals surface area contributed by atoms with Crippen molar-refractivity contribution < 1.29 is 19.4 Å². The summed E-state index contributed by atoms with van der Waals surface area (Å²) in [4.78, 5) is 27.5. The maximum Gasteiger partial charge on any atom is 0.332 e. The number of carbonyl (C=O) groups excluding carboxylic acids is 1. The maximum absolute atomic E-state index is 11.7. The fourth-order valence-electron chi connectivity index (χ4n) is 1.79. The van der Waals surface area contributed by atoms with E-state index in [2.05, 4.69) is 10.3 Å². The quantitative estimate of drug-likeness (QED) is 0.840. The van der Waals surface area contributed by atoms with Gasteiger partial charge in [-0.25, -0.2) is 9.78 Å². The van der Waals surface area contributed by atoms with E-state index in [1.807, 2.05) is 6.92 Å². The van der Waals surface area contributed by atoms with Crippen LogP contribution in [0.2, 0.25) is 0 Å². The van der Waals surface area contributed by atoms with E-state index < -0.39 is 18.2 Å². The first-order valence-corrected chi connectivity index (χ1v) is 6.45. The molecule has 2 unspecified atom stereocenters. The SMILES string of the molecule is Cc1ncc(CNC(=O)C2CCC(C(=O)O)O2)s1. The van der Waals surface area contributed by atoms with Crippen LogP contribution in [0.5, 0.6) is 0 Å². The normalized spacial score (nSPS) is 22.9. The third-order valence-corrected chi connectivity index (χ3v) is 3.61. The summed E-state index contributed by atoms with van der Waals surface area (Å²) in [7, 11) is 0. The van der Waals surface area contributed by atoms with Crippen molar-refractivity contribution in [3.63, 3.8) is 0 Å². The number of rotatable bonds is 4. The standard InChI is InChI=1S/C11H14N2O4S/c1-6-12-4-7(18-6)5-13-10(14)8-2-3-9(17-8)11(15)16/h4,8-9H,2-3,5H2,1H3,(H,13,14)(H,15,16). The van der Waals surface area contributed by atoms with Crippen LogP contribution in [0.3, 0.4) is 0 Å². The Hall–Kier alpha value is -1.47. The van der Waals surface area contributed by atoms with Crippen LogP contribution in [0.15, 0.2) is 6.20 Å². The molecule has 1 aromatic rings. The number of carboxylic acid groups (broad SMARTS) is 1. The van der Waals surface area contributed by atoms with Gasteiger partial charge in [-0.05, 0) is 19.8 Å². The van der Waals surface area contributed by atoms with Crippen LogP contribution in [-0.2, 0) is 20.9 Å². The maximum atomic E-state index is 11.7. The van der Waals surface area contributed by atoms with Crippen molar-refractivity contribution in [2.45, 2.75) is 38.5 Å². The number of amides is 1. The molecule has 0 aliphatic carbocycles. The molecule has 7 heteroatoms. The Morgan fingerprint density at radius 3 is 2.83 bits per heavy atom. The molecule has 1 fully saturated rings. The highest BCUT2D eigenvalue weighted by Gasteiger charge is 2.34. The van der Waals surface area contributed by atoms with Gasteiger partial charge in [0, 0.05) is 11.1 Å². The van der Waals surface area contributed by atoms with E-state index in [0.717, 1.165) is 9.88 Å². The van der Waals surface area contributed by atoms with E-state index in [0.29, 0.717) is 19.4 Å². The number of aliphatic carboxylic acids is 1. The molecule has 1 aromatic heterocycles. The third-order valence-electron chi connectivity index (χ3n) is 2.69. The van der Waals surface area contributed by atoms with Crippen molar-refractivity contribution in [1.82, 2.24) is 10.3 Å². The summed E-state index contributed by atoms with van der Waals surface area (Å²) in [6.45, 7) is 2.30. The monoisotopic (exact) mass is 270 g/mol. The van der Waals surface area contributed by atoms with Gasteiger partial charge in [-0.3, -0.25) is 4.79 Å². The molecule has 0 radical (unpaired) electrons. The second kappa shape index (κ2) is 5.45. The minimum atomic E-state index is -1.01. The number of ether oxygens (including phenoxy) is 1. The molecule has 18 heavy (non-hydrogen) atoms. The summed E-state index contributed by atoms with van der Waals surface area (Å²) in [5, 5.41) is 12.4. The number of carbonyl (C=O) groups is 2. The van der Waals surface area contributed by atoms with E-state index in [-0.39, 0.29) is 5.91 Å². The Kier molecular flexibility index (Phi) is 3.93. The highest BCUT2D eigenvalue weighted by molar-refractivity contribution is 7.11. The Morgan fingerprint density at radius 2 is 2.28 bits per heavy atom. The summed E-state index contributed by atoms with van der Waals surface area (Å²) in [5.41, 5.74) is 0. The molecule has 0 spiro atoms. The smallest absolute Gasteiger partial charge is 0.332 e. The third kappa shape index (κ3) is 3.05. The highest BCUT2D eigenvalue weighted by atomic mass is 32.1. The lowest BCUT2D eigenvalue weighted by atomic mass is 10.2. The van der Waals surface area contributed by atoms with Gasteiger partial charge in [0.2, 0.25) is 5.91 Å². The lowest BCUT2D eigenvalue weighted by Crippen LogP contribution is -2.35. The molecule has 2 heterocycles. The number of nitrogens with zero attached hydrogens (tertiary/aromatic N) is 1. The van der Waals surface area contributed by atoms with Crippen molar-refractivity contribution in [2.24, 2.45) is 0 Å². The van der Waals surface area contributed by atoms with Gasteiger partial charge in [-0.15, -0.1) is 11.3 Å². The topological polar surface area (TPSA) is 88.5 Å².